The molecule has 98 valence electrons. The summed E-state index contributed by atoms with van der Waals surface area (Å²) in [4.78, 5) is 4.57. The molecule has 0 atom stereocenters. The van der Waals surface area contributed by atoms with Gasteiger partial charge in [0.2, 0.25) is 0 Å². The smallest absolute Gasteiger partial charge is 0.119 e. The number of aliphatic hydroxyl groups is 1. The Morgan fingerprint density at radius 2 is 2.37 bits per heavy atom. The maximum Gasteiger partial charge on any atom is 0.119 e. The zero-order valence-electron chi connectivity index (χ0n) is 10.5. The van der Waals surface area contributed by atoms with Gasteiger partial charge in [-0.2, -0.15) is 16.4 Å². The fourth-order valence-electron chi connectivity index (χ4n) is 2.05. The summed E-state index contributed by atoms with van der Waals surface area (Å²) >= 11 is 1.64. The van der Waals surface area contributed by atoms with Crippen molar-refractivity contribution in [1.82, 2.24) is 15.2 Å². The first-order valence-corrected chi connectivity index (χ1v) is 6.97. The molecule has 6 heteroatoms. The summed E-state index contributed by atoms with van der Waals surface area (Å²) in [6.07, 6.45) is 0. The van der Waals surface area contributed by atoms with E-state index >= 15 is 0 Å². The van der Waals surface area contributed by atoms with Crippen LogP contribution in [0.15, 0.2) is 22.9 Å². The minimum Gasteiger partial charge on any atom is -0.395 e. The number of aromatic amines is 1. The van der Waals surface area contributed by atoms with Crippen LogP contribution in [0.3, 0.4) is 0 Å². The molecule has 3 N–H and O–H groups in total. The van der Waals surface area contributed by atoms with E-state index in [0.29, 0.717) is 6.54 Å². The highest BCUT2D eigenvalue weighted by atomic mass is 32.1. The summed E-state index contributed by atoms with van der Waals surface area (Å²) in [7, 11) is 0. The highest BCUT2D eigenvalue weighted by Crippen LogP contribution is 2.30. The molecule has 3 aromatic rings. The zero-order valence-corrected chi connectivity index (χ0v) is 11.3. The number of anilines is 1. The molecule has 3 rings (SSSR count). The molecule has 0 radical (unpaired) electrons. The van der Waals surface area contributed by atoms with Crippen LogP contribution in [0.25, 0.3) is 22.3 Å². The third kappa shape index (κ3) is 2.20. The van der Waals surface area contributed by atoms with Crippen molar-refractivity contribution < 1.29 is 5.11 Å². The van der Waals surface area contributed by atoms with E-state index in [2.05, 4.69) is 25.9 Å². The van der Waals surface area contributed by atoms with E-state index < -0.39 is 0 Å². The highest BCUT2D eigenvalue weighted by Gasteiger charge is 2.13. The quantitative estimate of drug-likeness (QED) is 0.683. The summed E-state index contributed by atoms with van der Waals surface area (Å²) in [6.45, 7) is 2.55. The Morgan fingerprint density at radius 3 is 3.11 bits per heavy atom. The Bertz CT molecular complexity index is 690. The van der Waals surface area contributed by atoms with Crippen LogP contribution in [0.2, 0.25) is 0 Å². The number of fused-ring (bicyclic) bond motifs is 1. The van der Waals surface area contributed by atoms with Gasteiger partial charge in [0.15, 0.2) is 0 Å². The van der Waals surface area contributed by atoms with E-state index in [1.54, 1.807) is 11.3 Å². The van der Waals surface area contributed by atoms with Crippen molar-refractivity contribution in [2.24, 2.45) is 0 Å². The molecule has 0 aliphatic heterocycles. The van der Waals surface area contributed by atoms with Crippen molar-refractivity contribution in [3.8, 4) is 11.3 Å². The van der Waals surface area contributed by atoms with Gasteiger partial charge in [0, 0.05) is 23.2 Å². The van der Waals surface area contributed by atoms with Gasteiger partial charge in [-0.25, -0.2) is 4.98 Å². The van der Waals surface area contributed by atoms with Crippen LogP contribution in [0.4, 0.5) is 5.69 Å². The standard InChI is InChI=1S/C13H14N4OS/c1-8-6-10(14-3-4-18)12-13(15-8)11(16-17-12)9-2-5-19-7-9/h2,5-7,18H,3-4H2,1H3,(H,14,15)(H,16,17). The Kier molecular flexibility index (Phi) is 3.18. The van der Waals surface area contributed by atoms with Crippen LogP contribution in [-0.2, 0) is 0 Å². The number of thiophene rings is 1. The maximum atomic E-state index is 8.92. The van der Waals surface area contributed by atoms with Gasteiger partial charge < -0.3 is 10.4 Å². The first-order chi connectivity index (χ1) is 9.29. The average molecular weight is 274 g/mol. The van der Waals surface area contributed by atoms with Gasteiger partial charge in [-0.1, -0.05) is 0 Å². The molecule has 0 saturated carbocycles. The number of H-pyrrole nitrogens is 1. The Hall–Kier alpha value is -1.92. The lowest BCUT2D eigenvalue weighted by atomic mass is 10.2. The van der Waals surface area contributed by atoms with Gasteiger partial charge >= 0.3 is 0 Å². The van der Waals surface area contributed by atoms with E-state index in [1.165, 1.54) is 0 Å². The average Bonchev–Trinajstić information content (AvgIpc) is 3.03. The molecule has 3 aromatic heterocycles. The minimum atomic E-state index is 0.0917. The Morgan fingerprint density at radius 1 is 1.47 bits per heavy atom. The van der Waals surface area contributed by atoms with E-state index in [1.807, 2.05) is 24.4 Å². The number of hydrogen-bond acceptors (Lipinski definition) is 5. The molecule has 0 aliphatic rings. The molecule has 0 fully saturated rings. The van der Waals surface area contributed by atoms with Crippen molar-refractivity contribution in [1.29, 1.82) is 0 Å². The maximum absolute atomic E-state index is 8.92. The lowest BCUT2D eigenvalue weighted by molar-refractivity contribution is 0.311. The molecule has 0 aliphatic carbocycles. The molecular formula is C13H14N4OS. The lowest BCUT2D eigenvalue weighted by Gasteiger charge is -2.06. The number of pyridine rings is 1. The van der Waals surface area contributed by atoms with Crippen LogP contribution in [0, 0.1) is 6.92 Å². The summed E-state index contributed by atoms with van der Waals surface area (Å²) in [5, 5.41) is 23.6. The number of aryl methyl sites for hydroxylation is 1. The molecule has 0 aromatic carbocycles. The zero-order chi connectivity index (χ0) is 13.2. The second-order valence-electron chi connectivity index (χ2n) is 4.27. The van der Waals surface area contributed by atoms with Crippen LogP contribution in [0.5, 0.6) is 0 Å². The molecule has 0 amide bonds. The van der Waals surface area contributed by atoms with E-state index in [4.69, 9.17) is 5.11 Å². The molecule has 3 heterocycles. The molecule has 0 bridgehead atoms. The fourth-order valence-corrected chi connectivity index (χ4v) is 2.69. The Labute approximate surface area is 114 Å². The van der Waals surface area contributed by atoms with Gasteiger partial charge in [0.1, 0.15) is 16.7 Å². The van der Waals surface area contributed by atoms with Gasteiger partial charge in [-0.05, 0) is 24.4 Å². The van der Waals surface area contributed by atoms with Gasteiger partial charge in [0.05, 0.1) is 12.3 Å². The topological polar surface area (TPSA) is 73.8 Å². The van der Waals surface area contributed by atoms with E-state index in [0.717, 1.165) is 33.7 Å². The summed E-state index contributed by atoms with van der Waals surface area (Å²) < 4.78 is 0. The van der Waals surface area contributed by atoms with Crippen molar-refractivity contribution >= 4 is 28.1 Å². The van der Waals surface area contributed by atoms with E-state index in [-0.39, 0.29) is 6.61 Å². The molecule has 0 spiro atoms. The third-order valence-corrected chi connectivity index (χ3v) is 3.56. The molecule has 0 saturated heterocycles. The predicted octanol–water partition coefficient (Wildman–Crippen LogP) is 2.40. The second-order valence-corrected chi connectivity index (χ2v) is 5.05. The second kappa shape index (κ2) is 4.99. The predicted molar refractivity (Wildman–Crippen MR) is 77.5 cm³/mol. The summed E-state index contributed by atoms with van der Waals surface area (Å²) in [5.41, 5.74) is 5.52. The van der Waals surface area contributed by atoms with Gasteiger partial charge in [0.25, 0.3) is 0 Å². The SMILES string of the molecule is Cc1cc(NCCO)c2[nH]nc(-c3ccsc3)c2n1. The first kappa shape index (κ1) is 12.1. The number of rotatable bonds is 4. The van der Waals surface area contributed by atoms with Crippen LogP contribution >= 0.6 is 11.3 Å². The molecule has 19 heavy (non-hydrogen) atoms. The normalized spacial score (nSPS) is 11.1. The molecule has 5 nitrogen and oxygen atoms in total. The van der Waals surface area contributed by atoms with Crippen molar-refractivity contribution in [2.45, 2.75) is 6.92 Å². The monoisotopic (exact) mass is 274 g/mol. The van der Waals surface area contributed by atoms with Crippen molar-refractivity contribution in [3.05, 3.63) is 28.6 Å². The highest BCUT2D eigenvalue weighted by molar-refractivity contribution is 7.08. The lowest BCUT2D eigenvalue weighted by Crippen LogP contribution is -2.06. The van der Waals surface area contributed by atoms with Crippen molar-refractivity contribution in [2.75, 3.05) is 18.5 Å². The number of aliphatic hydroxyl groups excluding tert-OH is 1. The first-order valence-electron chi connectivity index (χ1n) is 6.02. The van der Waals surface area contributed by atoms with Crippen LogP contribution in [-0.4, -0.2) is 33.4 Å². The number of nitrogens with zero attached hydrogens (tertiary/aromatic N) is 2. The third-order valence-electron chi connectivity index (χ3n) is 2.87. The fraction of sp³-hybridized carbons (Fsp3) is 0.231. The summed E-state index contributed by atoms with van der Waals surface area (Å²) in [5.74, 6) is 0. The van der Waals surface area contributed by atoms with E-state index in [9.17, 15) is 0 Å². The Balaban J connectivity index is 2.15. The minimum absolute atomic E-state index is 0.0917. The largest absolute Gasteiger partial charge is 0.395 e. The molecular weight excluding hydrogens is 260 g/mol. The van der Waals surface area contributed by atoms with Crippen molar-refractivity contribution in [3.63, 3.8) is 0 Å². The van der Waals surface area contributed by atoms with Gasteiger partial charge in [-0.3, -0.25) is 5.10 Å². The number of hydrogen-bond donors (Lipinski definition) is 3. The number of nitrogens with one attached hydrogen (secondary N) is 2. The van der Waals surface area contributed by atoms with Crippen LogP contribution < -0.4 is 5.32 Å². The van der Waals surface area contributed by atoms with Crippen LogP contribution in [0.1, 0.15) is 5.69 Å². The van der Waals surface area contributed by atoms with Gasteiger partial charge in [-0.15, -0.1) is 0 Å². The molecule has 0 unspecified atom stereocenters. The number of aromatic nitrogens is 3. The summed E-state index contributed by atoms with van der Waals surface area (Å²) in [6, 6.07) is 3.98.